The van der Waals surface area contributed by atoms with Crippen LogP contribution in [0.5, 0.6) is 11.5 Å². The van der Waals surface area contributed by atoms with Gasteiger partial charge in [0.25, 0.3) is 0 Å². The standard InChI is InChI=1S/C17H17Cl2N3O2S/c1-20-17(25)22-21-9-11-6-7-15(16(8-11)23-2)24-10-12-13(18)4-3-5-14(12)19/h3-9H,10H2,1-2H3,(H2,20,22,25)/p+1. The van der Waals surface area contributed by atoms with Gasteiger partial charge in [0.1, 0.15) is 6.61 Å². The lowest BCUT2D eigenvalue weighted by Gasteiger charge is -2.12. The van der Waals surface area contributed by atoms with Crippen LogP contribution in [0.2, 0.25) is 10.0 Å². The van der Waals surface area contributed by atoms with Crippen LogP contribution in [0, 0.1) is 0 Å². The summed E-state index contributed by atoms with van der Waals surface area (Å²) in [6, 6.07) is 10.9. The Hall–Kier alpha value is -2.02. The number of ether oxygens (including phenoxy) is 2. The van der Waals surface area contributed by atoms with Gasteiger partial charge in [-0.05, 0) is 42.5 Å². The highest BCUT2D eigenvalue weighted by Crippen LogP contribution is 2.30. The maximum Gasteiger partial charge on any atom is 0.223 e. The van der Waals surface area contributed by atoms with Gasteiger partial charge in [0, 0.05) is 28.2 Å². The van der Waals surface area contributed by atoms with E-state index >= 15 is 0 Å². The molecular formula is C17H18Cl2N3O2S+. The van der Waals surface area contributed by atoms with Gasteiger partial charge in [0.15, 0.2) is 17.7 Å². The van der Waals surface area contributed by atoms with E-state index in [4.69, 9.17) is 44.9 Å². The molecule has 5 nitrogen and oxygen atoms in total. The van der Waals surface area contributed by atoms with Crippen molar-refractivity contribution in [2.24, 2.45) is 0 Å². The second kappa shape index (κ2) is 9.46. The first-order chi connectivity index (χ1) is 12.0. The number of hydrogen-bond donors (Lipinski definition) is 3. The number of benzene rings is 2. The fourth-order valence-corrected chi connectivity index (χ4v) is 2.53. The fourth-order valence-electron chi connectivity index (χ4n) is 1.96. The smallest absolute Gasteiger partial charge is 0.223 e. The summed E-state index contributed by atoms with van der Waals surface area (Å²) in [5, 5.41) is 7.29. The van der Waals surface area contributed by atoms with Crippen LogP contribution in [0.4, 0.5) is 0 Å². The van der Waals surface area contributed by atoms with Crippen LogP contribution in [-0.2, 0) is 6.61 Å². The molecule has 0 aliphatic rings. The van der Waals surface area contributed by atoms with E-state index in [2.05, 4.69) is 15.8 Å². The van der Waals surface area contributed by atoms with Crippen molar-refractivity contribution in [3.63, 3.8) is 0 Å². The van der Waals surface area contributed by atoms with Gasteiger partial charge in [-0.3, -0.25) is 0 Å². The SMILES string of the molecule is CNC(=S)N[NH+]=Cc1ccc(OCc2c(Cl)cccc2Cl)c(OC)c1. The first-order valence-electron chi connectivity index (χ1n) is 7.35. The van der Waals surface area contributed by atoms with E-state index in [0.29, 0.717) is 26.7 Å². The Morgan fingerprint density at radius 2 is 1.92 bits per heavy atom. The van der Waals surface area contributed by atoms with Crippen LogP contribution in [0.25, 0.3) is 0 Å². The highest BCUT2D eigenvalue weighted by atomic mass is 35.5. The Bertz CT molecular complexity index is 764. The lowest BCUT2D eigenvalue weighted by molar-refractivity contribution is -0.500. The Labute approximate surface area is 161 Å². The number of nitrogens with one attached hydrogen (secondary N) is 3. The lowest BCUT2D eigenvalue weighted by Crippen LogP contribution is -2.82. The molecule has 0 saturated heterocycles. The van der Waals surface area contributed by atoms with E-state index in [1.807, 2.05) is 18.2 Å². The molecule has 8 heteroatoms. The molecule has 0 heterocycles. The second-order valence-corrected chi connectivity index (χ2v) is 6.11. The van der Waals surface area contributed by atoms with Crippen LogP contribution in [0.3, 0.4) is 0 Å². The van der Waals surface area contributed by atoms with Crippen molar-refractivity contribution in [3.8, 4) is 11.5 Å². The van der Waals surface area contributed by atoms with Gasteiger partial charge in [-0.2, -0.15) is 0 Å². The van der Waals surface area contributed by atoms with Gasteiger partial charge in [0.2, 0.25) is 5.11 Å². The third-order valence-corrected chi connectivity index (χ3v) is 4.29. The molecule has 132 valence electrons. The molecule has 0 aliphatic carbocycles. The van der Waals surface area contributed by atoms with Gasteiger partial charge in [-0.25, -0.2) is 0 Å². The summed E-state index contributed by atoms with van der Waals surface area (Å²) in [5.41, 5.74) is 4.42. The predicted molar refractivity (Wildman–Crippen MR) is 105 cm³/mol. The molecule has 0 atom stereocenters. The van der Waals surface area contributed by atoms with Crippen LogP contribution in [-0.4, -0.2) is 25.5 Å². The summed E-state index contributed by atoms with van der Waals surface area (Å²) in [6.45, 7) is 0.244. The molecule has 0 bridgehead atoms. The molecule has 2 aromatic carbocycles. The van der Waals surface area contributed by atoms with E-state index in [9.17, 15) is 0 Å². The molecule has 0 spiro atoms. The van der Waals surface area contributed by atoms with Crippen LogP contribution in [0.1, 0.15) is 11.1 Å². The Morgan fingerprint density at radius 3 is 2.56 bits per heavy atom. The topological polar surface area (TPSA) is 56.5 Å². The zero-order valence-corrected chi connectivity index (χ0v) is 16.1. The number of halogens is 2. The minimum atomic E-state index is 0.244. The molecule has 0 fully saturated rings. The molecule has 0 unspecified atom stereocenters. The zero-order chi connectivity index (χ0) is 18.2. The molecule has 0 saturated carbocycles. The van der Waals surface area contributed by atoms with Crippen molar-refractivity contribution in [2.75, 3.05) is 14.2 Å². The molecule has 0 amide bonds. The van der Waals surface area contributed by atoms with Crippen LogP contribution in [0.15, 0.2) is 36.4 Å². The largest absolute Gasteiger partial charge is 0.493 e. The number of rotatable bonds is 6. The van der Waals surface area contributed by atoms with Gasteiger partial charge < -0.3 is 14.8 Å². The van der Waals surface area contributed by atoms with Crippen molar-refractivity contribution >= 4 is 46.7 Å². The number of thiocarbonyl (C=S) groups is 1. The maximum absolute atomic E-state index is 6.16. The highest BCUT2D eigenvalue weighted by molar-refractivity contribution is 7.80. The van der Waals surface area contributed by atoms with Crippen molar-refractivity contribution in [2.45, 2.75) is 6.61 Å². The van der Waals surface area contributed by atoms with Gasteiger partial charge in [-0.15, -0.1) is 10.5 Å². The summed E-state index contributed by atoms with van der Waals surface area (Å²) in [6.07, 6.45) is 1.75. The summed E-state index contributed by atoms with van der Waals surface area (Å²) in [5.74, 6) is 1.18. The minimum absolute atomic E-state index is 0.244. The van der Waals surface area contributed by atoms with Crippen molar-refractivity contribution in [3.05, 3.63) is 57.6 Å². The molecule has 0 aromatic heterocycles. The third-order valence-electron chi connectivity index (χ3n) is 3.27. The number of hydrazone groups is 1. The zero-order valence-electron chi connectivity index (χ0n) is 13.7. The molecule has 0 radical (unpaired) electrons. The minimum Gasteiger partial charge on any atom is -0.493 e. The van der Waals surface area contributed by atoms with Gasteiger partial charge in [0.05, 0.1) is 7.11 Å². The average molecular weight is 399 g/mol. The summed E-state index contributed by atoms with van der Waals surface area (Å²) < 4.78 is 11.2. The Balaban J connectivity index is 2.10. The second-order valence-electron chi connectivity index (χ2n) is 4.89. The predicted octanol–water partition coefficient (Wildman–Crippen LogP) is 2.09. The first-order valence-corrected chi connectivity index (χ1v) is 8.51. The van der Waals surface area contributed by atoms with Crippen molar-refractivity contribution < 1.29 is 14.6 Å². The normalized spacial score (nSPS) is 10.6. The monoisotopic (exact) mass is 398 g/mol. The highest BCUT2D eigenvalue weighted by Gasteiger charge is 2.10. The lowest BCUT2D eigenvalue weighted by atomic mass is 10.2. The molecular weight excluding hydrogens is 381 g/mol. The molecule has 3 N–H and O–H groups in total. The molecule has 2 rings (SSSR count). The Kier molecular flexibility index (Phi) is 7.31. The quantitative estimate of drug-likeness (QED) is 0.395. The van der Waals surface area contributed by atoms with Crippen molar-refractivity contribution in [1.29, 1.82) is 0 Å². The Morgan fingerprint density at radius 1 is 1.20 bits per heavy atom. The number of hydrazine groups is 1. The summed E-state index contributed by atoms with van der Waals surface area (Å²) in [7, 11) is 3.31. The molecule has 0 aliphatic heterocycles. The van der Waals surface area contributed by atoms with Crippen LogP contribution < -0.4 is 25.3 Å². The van der Waals surface area contributed by atoms with E-state index in [1.165, 1.54) is 0 Å². The van der Waals surface area contributed by atoms with Crippen LogP contribution >= 0.6 is 35.4 Å². The average Bonchev–Trinajstić information content (AvgIpc) is 2.61. The van der Waals surface area contributed by atoms with Crippen molar-refractivity contribution in [1.82, 2.24) is 10.7 Å². The molecule has 25 heavy (non-hydrogen) atoms. The maximum atomic E-state index is 6.16. The first kappa shape index (κ1) is 19.3. The number of methoxy groups -OCH3 is 1. The van der Waals surface area contributed by atoms with E-state index in [1.54, 1.807) is 38.6 Å². The van der Waals surface area contributed by atoms with E-state index in [0.717, 1.165) is 11.1 Å². The van der Waals surface area contributed by atoms with E-state index in [-0.39, 0.29) is 6.61 Å². The van der Waals surface area contributed by atoms with Gasteiger partial charge in [-0.1, -0.05) is 29.3 Å². The number of hydrogen-bond acceptors (Lipinski definition) is 3. The molecule has 2 aromatic rings. The van der Waals surface area contributed by atoms with Gasteiger partial charge >= 0.3 is 0 Å². The summed E-state index contributed by atoms with van der Waals surface area (Å²) in [4.78, 5) is 0. The summed E-state index contributed by atoms with van der Waals surface area (Å²) >= 11 is 17.3. The fraction of sp³-hybridized carbons (Fsp3) is 0.176. The van der Waals surface area contributed by atoms with E-state index < -0.39 is 0 Å². The third kappa shape index (κ3) is 5.49.